The zero-order valence-electron chi connectivity index (χ0n) is 13.9. The number of esters is 1. The van der Waals surface area contributed by atoms with Crippen LogP contribution in [0.4, 0.5) is 5.69 Å². The first-order chi connectivity index (χ1) is 12.4. The molecular formula is C16H15N3O5S2. The van der Waals surface area contributed by atoms with Crippen molar-refractivity contribution in [2.45, 2.75) is 18.1 Å². The molecule has 0 saturated carbocycles. The van der Waals surface area contributed by atoms with Crippen LogP contribution in [0, 0.1) is 6.92 Å². The fourth-order valence-electron chi connectivity index (χ4n) is 2.11. The number of nitrogens with one attached hydrogen (secondary N) is 1. The minimum atomic E-state index is -3.82. The molecule has 0 saturated heterocycles. The van der Waals surface area contributed by atoms with E-state index in [0.717, 1.165) is 11.3 Å². The smallest absolute Gasteiger partial charge is 0.338 e. The van der Waals surface area contributed by atoms with Gasteiger partial charge in [-0.05, 0) is 37.3 Å². The maximum Gasteiger partial charge on any atom is 0.338 e. The first-order valence-corrected chi connectivity index (χ1v) is 9.89. The molecule has 26 heavy (non-hydrogen) atoms. The second kappa shape index (κ2) is 7.26. The Morgan fingerprint density at radius 2 is 2.08 bits per heavy atom. The molecule has 0 aliphatic rings. The Morgan fingerprint density at radius 3 is 2.77 bits per heavy atom. The number of thiophene rings is 1. The minimum Gasteiger partial charge on any atom is -0.462 e. The third kappa shape index (κ3) is 3.92. The van der Waals surface area contributed by atoms with Gasteiger partial charge in [-0.1, -0.05) is 6.07 Å². The highest BCUT2D eigenvalue weighted by atomic mass is 32.2. The summed E-state index contributed by atoms with van der Waals surface area (Å²) in [7, 11) is -3.82. The number of hydrogen-bond acceptors (Lipinski definition) is 8. The van der Waals surface area contributed by atoms with Crippen LogP contribution >= 0.6 is 11.3 Å². The van der Waals surface area contributed by atoms with Gasteiger partial charge in [0.2, 0.25) is 5.89 Å². The maximum atomic E-state index is 12.6. The molecule has 0 atom stereocenters. The van der Waals surface area contributed by atoms with Crippen LogP contribution in [0.15, 0.2) is 45.0 Å². The summed E-state index contributed by atoms with van der Waals surface area (Å²) in [5, 5.41) is 7.60. The van der Waals surface area contributed by atoms with Crippen molar-refractivity contribution in [2.75, 3.05) is 11.3 Å². The lowest BCUT2D eigenvalue weighted by Crippen LogP contribution is -2.12. The second-order valence-corrected chi connectivity index (χ2v) is 8.14. The van der Waals surface area contributed by atoms with E-state index in [9.17, 15) is 13.2 Å². The maximum absolute atomic E-state index is 12.6. The molecule has 1 N–H and O–H groups in total. The fraction of sp³-hybridized carbons (Fsp3) is 0.188. The fourth-order valence-corrected chi connectivity index (χ4v) is 4.38. The van der Waals surface area contributed by atoms with E-state index in [1.54, 1.807) is 38.1 Å². The van der Waals surface area contributed by atoms with Gasteiger partial charge in [0, 0.05) is 12.6 Å². The summed E-state index contributed by atoms with van der Waals surface area (Å²) >= 11 is 1.01. The van der Waals surface area contributed by atoms with Crippen LogP contribution < -0.4 is 4.72 Å². The van der Waals surface area contributed by atoms with E-state index in [0.29, 0.717) is 10.8 Å². The third-order valence-electron chi connectivity index (χ3n) is 3.21. The highest BCUT2D eigenvalue weighted by molar-refractivity contribution is 7.94. The highest BCUT2D eigenvalue weighted by Gasteiger charge is 2.20. The number of aryl methyl sites for hydroxylation is 1. The van der Waals surface area contributed by atoms with E-state index < -0.39 is 16.0 Å². The zero-order valence-corrected chi connectivity index (χ0v) is 15.6. The first kappa shape index (κ1) is 18.1. The minimum absolute atomic E-state index is 0.0879. The summed E-state index contributed by atoms with van der Waals surface area (Å²) in [4.78, 5) is 12.3. The molecule has 3 rings (SSSR count). The summed E-state index contributed by atoms with van der Waals surface area (Å²) < 4.78 is 37.9. The number of anilines is 1. The van der Waals surface area contributed by atoms with Crippen LogP contribution in [0.1, 0.15) is 23.2 Å². The highest BCUT2D eigenvalue weighted by Crippen LogP contribution is 2.31. The summed E-state index contributed by atoms with van der Waals surface area (Å²) in [5.41, 5.74) is 0.527. The van der Waals surface area contributed by atoms with E-state index in [-0.39, 0.29) is 28.0 Å². The quantitative estimate of drug-likeness (QED) is 0.641. The van der Waals surface area contributed by atoms with Gasteiger partial charge in [-0.15, -0.1) is 21.5 Å². The predicted octanol–water partition coefficient (Wildman–Crippen LogP) is 3.08. The molecule has 2 heterocycles. The van der Waals surface area contributed by atoms with Gasteiger partial charge in [-0.25, -0.2) is 13.2 Å². The summed E-state index contributed by atoms with van der Waals surface area (Å²) in [5.74, 6) is 0.142. The number of carbonyl (C=O) groups excluding carboxylic acids is 1. The lowest BCUT2D eigenvalue weighted by atomic mass is 10.2. The number of sulfonamides is 1. The van der Waals surface area contributed by atoms with Gasteiger partial charge >= 0.3 is 5.97 Å². The molecule has 2 aromatic heterocycles. The van der Waals surface area contributed by atoms with E-state index in [4.69, 9.17) is 9.15 Å². The van der Waals surface area contributed by atoms with Crippen molar-refractivity contribution in [1.29, 1.82) is 0 Å². The van der Waals surface area contributed by atoms with E-state index in [1.165, 1.54) is 12.1 Å². The lowest BCUT2D eigenvalue weighted by molar-refractivity contribution is 0.0526. The molecule has 8 nitrogen and oxygen atoms in total. The number of aromatic nitrogens is 2. The van der Waals surface area contributed by atoms with Crippen LogP contribution in [0.5, 0.6) is 0 Å². The molecule has 0 bridgehead atoms. The van der Waals surface area contributed by atoms with Gasteiger partial charge in [-0.3, -0.25) is 4.72 Å². The third-order valence-corrected chi connectivity index (χ3v) is 6.16. The number of benzene rings is 1. The van der Waals surface area contributed by atoms with Crippen LogP contribution in [0.3, 0.4) is 0 Å². The van der Waals surface area contributed by atoms with Crippen LogP contribution in [-0.4, -0.2) is 31.2 Å². The average Bonchev–Trinajstić information content (AvgIpc) is 3.24. The molecular weight excluding hydrogens is 378 g/mol. The molecule has 10 heteroatoms. The molecule has 0 spiro atoms. The molecule has 0 aliphatic heterocycles. The Kier molecular flexibility index (Phi) is 5.05. The lowest BCUT2D eigenvalue weighted by Gasteiger charge is -2.08. The summed E-state index contributed by atoms with van der Waals surface area (Å²) in [6.45, 7) is 3.59. The van der Waals surface area contributed by atoms with Gasteiger partial charge in [-0.2, -0.15) is 0 Å². The second-order valence-electron chi connectivity index (χ2n) is 5.15. The first-order valence-electron chi connectivity index (χ1n) is 7.59. The van der Waals surface area contributed by atoms with Crippen LogP contribution in [0.2, 0.25) is 0 Å². The van der Waals surface area contributed by atoms with Gasteiger partial charge in [0.15, 0.2) is 0 Å². The van der Waals surface area contributed by atoms with Crippen molar-refractivity contribution in [1.82, 2.24) is 10.2 Å². The Labute approximate surface area is 153 Å². The van der Waals surface area contributed by atoms with Gasteiger partial charge in [0.05, 0.1) is 17.0 Å². The van der Waals surface area contributed by atoms with Crippen LogP contribution in [-0.2, 0) is 14.8 Å². The summed E-state index contributed by atoms with van der Waals surface area (Å²) in [6.07, 6.45) is 0. The number of nitrogens with zero attached hydrogens (tertiary/aromatic N) is 2. The van der Waals surface area contributed by atoms with Crippen molar-refractivity contribution in [3.8, 4) is 10.8 Å². The summed E-state index contributed by atoms with van der Waals surface area (Å²) in [6, 6.07) is 9.15. The molecule has 0 amide bonds. The predicted molar refractivity (Wildman–Crippen MR) is 95.6 cm³/mol. The average molecular weight is 393 g/mol. The molecule has 0 unspecified atom stereocenters. The Balaban J connectivity index is 1.82. The Morgan fingerprint density at radius 1 is 1.27 bits per heavy atom. The van der Waals surface area contributed by atoms with Crippen molar-refractivity contribution >= 4 is 33.0 Å². The number of rotatable bonds is 6. The number of ether oxygens (including phenoxy) is 1. The zero-order chi connectivity index (χ0) is 18.7. The van der Waals surface area contributed by atoms with Gasteiger partial charge in [0.1, 0.15) is 4.21 Å². The molecule has 1 aromatic carbocycles. The molecule has 136 valence electrons. The van der Waals surface area contributed by atoms with Gasteiger partial charge in [0.25, 0.3) is 15.9 Å². The van der Waals surface area contributed by atoms with Gasteiger partial charge < -0.3 is 9.15 Å². The number of hydrogen-bond donors (Lipinski definition) is 1. The molecule has 0 fully saturated rings. The van der Waals surface area contributed by atoms with E-state index in [1.807, 2.05) is 0 Å². The SMILES string of the molecule is CCOC(=O)c1cccc(NS(=O)(=O)c2ccc(-c3nnc(C)o3)s2)c1. The van der Waals surface area contributed by atoms with Crippen molar-refractivity contribution in [3.05, 3.63) is 47.9 Å². The molecule has 0 aliphatic carbocycles. The van der Waals surface area contributed by atoms with Crippen molar-refractivity contribution in [2.24, 2.45) is 0 Å². The topological polar surface area (TPSA) is 111 Å². The van der Waals surface area contributed by atoms with Crippen molar-refractivity contribution < 1.29 is 22.4 Å². The Hall–Kier alpha value is -2.72. The monoisotopic (exact) mass is 393 g/mol. The standard InChI is InChI=1S/C16H15N3O5S2/c1-3-23-16(20)11-5-4-6-12(9-11)19-26(21,22)14-8-7-13(25-14)15-18-17-10(2)24-15/h4-9,19H,3H2,1-2H3. The van der Waals surface area contributed by atoms with E-state index >= 15 is 0 Å². The number of carbonyl (C=O) groups is 1. The normalized spacial score (nSPS) is 11.3. The molecule has 0 radical (unpaired) electrons. The largest absolute Gasteiger partial charge is 0.462 e. The van der Waals surface area contributed by atoms with Crippen molar-refractivity contribution in [3.63, 3.8) is 0 Å². The Bertz CT molecular complexity index is 1040. The molecule has 3 aromatic rings. The van der Waals surface area contributed by atoms with Crippen LogP contribution in [0.25, 0.3) is 10.8 Å². The van der Waals surface area contributed by atoms with E-state index in [2.05, 4.69) is 14.9 Å².